The predicted molar refractivity (Wildman–Crippen MR) is 133 cm³/mol. The van der Waals surface area contributed by atoms with Crippen LogP contribution < -0.4 is 4.74 Å². The van der Waals surface area contributed by atoms with Crippen LogP contribution in [0.5, 0.6) is 5.75 Å². The molecule has 2 N–H and O–H groups in total. The zero-order valence-electron chi connectivity index (χ0n) is 20.5. The molecule has 5 nitrogen and oxygen atoms in total. The van der Waals surface area contributed by atoms with Crippen molar-refractivity contribution >= 4 is 11.8 Å². The standard InChI is InChI=1S/C29H40O5/c1-2-3-4-5-6-8-12-23-17-19-27(30)26(23)15-9-7-10-20-29(32,33)28(31)34-25-18-16-22-13-11-14-24(22)21-25/h7-9,12,16,18,21,23,26,32-33H,2-6,10-11,13-15,17,19-20H2,1H3/b9-7-,12-8+/t23-,26+/m0/s1. The van der Waals surface area contributed by atoms with E-state index in [1.54, 1.807) is 6.07 Å². The van der Waals surface area contributed by atoms with Crippen molar-refractivity contribution in [3.8, 4) is 5.75 Å². The highest BCUT2D eigenvalue weighted by molar-refractivity contribution is 5.84. The molecule has 1 aromatic rings. The minimum Gasteiger partial charge on any atom is -0.423 e. The highest BCUT2D eigenvalue weighted by Crippen LogP contribution is 2.33. The lowest BCUT2D eigenvalue weighted by molar-refractivity contribution is -0.202. The lowest BCUT2D eigenvalue weighted by atomic mass is 9.91. The Balaban J connectivity index is 1.41. The molecule has 34 heavy (non-hydrogen) atoms. The first kappa shape index (κ1) is 26.4. The van der Waals surface area contributed by atoms with Crippen LogP contribution in [0.2, 0.25) is 0 Å². The fourth-order valence-corrected chi connectivity index (χ4v) is 4.98. The number of aliphatic hydroxyl groups is 2. The van der Waals surface area contributed by atoms with Crippen molar-refractivity contribution in [2.45, 2.75) is 96.2 Å². The molecule has 5 heteroatoms. The molecule has 1 aromatic carbocycles. The first-order chi connectivity index (χ1) is 16.4. The largest absolute Gasteiger partial charge is 0.423 e. The molecule has 0 unspecified atom stereocenters. The molecule has 186 valence electrons. The molecule has 2 aliphatic carbocycles. The van der Waals surface area contributed by atoms with Crippen LogP contribution in [0, 0.1) is 11.8 Å². The van der Waals surface area contributed by atoms with Gasteiger partial charge in [0.2, 0.25) is 0 Å². The topological polar surface area (TPSA) is 83.8 Å². The number of ketones is 1. The Morgan fingerprint density at radius 1 is 1.06 bits per heavy atom. The number of benzene rings is 1. The molecule has 2 atom stereocenters. The molecule has 0 saturated heterocycles. The number of fused-ring (bicyclic) bond motifs is 1. The number of hydrogen-bond donors (Lipinski definition) is 2. The van der Waals surface area contributed by atoms with Crippen LogP contribution in [0.15, 0.2) is 42.5 Å². The second-order valence-electron chi connectivity index (χ2n) is 9.79. The van der Waals surface area contributed by atoms with Gasteiger partial charge in [0.05, 0.1) is 0 Å². The maximum absolute atomic E-state index is 12.3. The Hall–Kier alpha value is -2.24. The van der Waals surface area contributed by atoms with Crippen LogP contribution in [0.4, 0.5) is 0 Å². The zero-order chi connectivity index (χ0) is 24.4. The summed E-state index contributed by atoms with van der Waals surface area (Å²) in [6.07, 6.45) is 19.7. The number of unbranched alkanes of at least 4 members (excludes halogenated alkanes) is 4. The van der Waals surface area contributed by atoms with Crippen molar-refractivity contribution in [2.24, 2.45) is 11.8 Å². The van der Waals surface area contributed by atoms with Gasteiger partial charge in [-0.15, -0.1) is 0 Å². The molecule has 2 aliphatic rings. The Kier molecular flexibility index (Phi) is 10.1. The van der Waals surface area contributed by atoms with Crippen molar-refractivity contribution < 1.29 is 24.5 Å². The van der Waals surface area contributed by atoms with Gasteiger partial charge in [0.1, 0.15) is 11.5 Å². The smallest absolute Gasteiger partial charge is 0.371 e. The Labute approximate surface area is 203 Å². The fourth-order valence-electron chi connectivity index (χ4n) is 4.98. The number of aryl methyl sites for hydroxylation is 2. The van der Waals surface area contributed by atoms with E-state index in [4.69, 9.17) is 4.74 Å². The third-order valence-corrected chi connectivity index (χ3v) is 7.09. The molecule has 0 aliphatic heterocycles. The molecule has 0 heterocycles. The van der Waals surface area contributed by atoms with E-state index in [9.17, 15) is 19.8 Å². The van der Waals surface area contributed by atoms with Gasteiger partial charge in [-0.25, -0.2) is 4.79 Å². The number of ether oxygens (including phenoxy) is 1. The minimum absolute atomic E-state index is 0.000858. The van der Waals surface area contributed by atoms with E-state index in [2.05, 4.69) is 19.1 Å². The van der Waals surface area contributed by atoms with E-state index in [0.717, 1.165) is 37.7 Å². The van der Waals surface area contributed by atoms with Crippen molar-refractivity contribution in [3.63, 3.8) is 0 Å². The van der Waals surface area contributed by atoms with Gasteiger partial charge in [-0.2, -0.15) is 0 Å². The van der Waals surface area contributed by atoms with E-state index < -0.39 is 11.8 Å². The lowest BCUT2D eigenvalue weighted by Crippen LogP contribution is -2.41. The van der Waals surface area contributed by atoms with Gasteiger partial charge in [0.25, 0.3) is 5.79 Å². The average Bonchev–Trinajstić information content (AvgIpc) is 3.42. The summed E-state index contributed by atoms with van der Waals surface area (Å²) in [7, 11) is 0. The number of hydrogen-bond acceptors (Lipinski definition) is 5. The summed E-state index contributed by atoms with van der Waals surface area (Å²) in [6, 6.07) is 5.45. The summed E-state index contributed by atoms with van der Waals surface area (Å²) in [5.74, 6) is -2.66. The molecule has 0 bridgehead atoms. The third-order valence-electron chi connectivity index (χ3n) is 7.09. The van der Waals surface area contributed by atoms with Gasteiger partial charge >= 0.3 is 5.97 Å². The van der Waals surface area contributed by atoms with Crippen LogP contribution in [-0.2, 0) is 22.4 Å². The molecular formula is C29H40O5. The molecule has 1 saturated carbocycles. The predicted octanol–water partition coefficient (Wildman–Crippen LogP) is 5.61. The van der Waals surface area contributed by atoms with Crippen molar-refractivity contribution in [1.29, 1.82) is 0 Å². The van der Waals surface area contributed by atoms with E-state index in [0.29, 0.717) is 36.7 Å². The summed E-state index contributed by atoms with van der Waals surface area (Å²) in [4.78, 5) is 24.6. The summed E-state index contributed by atoms with van der Waals surface area (Å²) < 4.78 is 5.22. The van der Waals surface area contributed by atoms with E-state index in [-0.39, 0.29) is 12.3 Å². The number of Topliss-reactive ketones (excluding diaryl/α,β-unsaturated/α-hetero) is 1. The van der Waals surface area contributed by atoms with Gasteiger partial charge < -0.3 is 14.9 Å². The lowest BCUT2D eigenvalue weighted by Gasteiger charge is -2.19. The zero-order valence-corrected chi connectivity index (χ0v) is 20.5. The molecule has 0 aromatic heterocycles. The third kappa shape index (κ3) is 7.64. The quantitative estimate of drug-likeness (QED) is 0.129. The number of carbonyl (C=O) groups is 2. The van der Waals surface area contributed by atoms with Crippen LogP contribution in [-0.4, -0.2) is 27.8 Å². The van der Waals surface area contributed by atoms with Crippen LogP contribution in [0.25, 0.3) is 0 Å². The van der Waals surface area contributed by atoms with E-state index in [1.165, 1.54) is 31.2 Å². The summed E-state index contributed by atoms with van der Waals surface area (Å²) in [5, 5.41) is 20.4. The number of allylic oxidation sites excluding steroid dienone is 4. The van der Waals surface area contributed by atoms with Gasteiger partial charge in [0, 0.05) is 18.8 Å². The fraction of sp³-hybridized carbons (Fsp3) is 0.586. The number of rotatable bonds is 13. The Morgan fingerprint density at radius 3 is 2.71 bits per heavy atom. The maximum atomic E-state index is 12.3. The first-order valence-electron chi connectivity index (χ1n) is 13.0. The summed E-state index contributed by atoms with van der Waals surface area (Å²) >= 11 is 0. The first-order valence-corrected chi connectivity index (χ1v) is 13.0. The molecule has 1 fully saturated rings. The molecule has 0 amide bonds. The van der Waals surface area contributed by atoms with Crippen molar-refractivity contribution in [3.05, 3.63) is 53.6 Å². The minimum atomic E-state index is -2.55. The van der Waals surface area contributed by atoms with E-state index >= 15 is 0 Å². The van der Waals surface area contributed by atoms with Crippen LogP contribution in [0.1, 0.15) is 88.7 Å². The van der Waals surface area contributed by atoms with Crippen molar-refractivity contribution in [1.82, 2.24) is 0 Å². The van der Waals surface area contributed by atoms with Gasteiger partial charge in [-0.05, 0) is 80.5 Å². The Morgan fingerprint density at radius 2 is 1.88 bits per heavy atom. The second-order valence-corrected chi connectivity index (χ2v) is 9.79. The van der Waals surface area contributed by atoms with Gasteiger partial charge in [0.15, 0.2) is 0 Å². The summed E-state index contributed by atoms with van der Waals surface area (Å²) in [6.45, 7) is 2.21. The van der Waals surface area contributed by atoms with Crippen molar-refractivity contribution in [2.75, 3.05) is 0 Å². The monoisotopic (exact) mass is 468 g/mol. The average molecular weight is 469 g/mol. The molecule has 3 rings (SSSR count). The normalized spacial score (nSPS) is 20.5. The van der Waals surface area contributed by atoms with Crippen LogP contribution >= 0.6 is 0 Å². The Bertz CT molecular complexity index is 883. The molecular weight excluding hydrogens is 428 g/mol. The molecule has 0 radical (unpaired) electrons. The van der Waals surface area contributed by atoms with Gasteiger partial charge in [-0.3, -0.25) is 4.79 Å². The second kappa shape index (κ2) is 13.0. The van der Waals surface area contributed by atoms with Gasteiger partial charge in [-0.1, -0.05) is 56.6 Å². The number of carbonyl (C=O) groups excluding carboxylic acids is 2. The maximum Gasteiger partial charge on any atom is 0.371 e. The summed E-state index contributed by atoms with van der Waals surface area (Å²) in [5.41, 5.74) is 2.41. The highest BCUT2D eigenvalue weighted by atomic mass is 16.6. The number of esters is 1. The van der Waals surface area contributed by atoms with Crippen LogP contribution in [0.3, 0.4) is 0 Å². The highest BCUT2D eigenvalue weighted by Gasteiger charge is 2.35. The SMILES string of the molecule is CCCCCC/C=C/[C@H]1CCC(=O)[C@@H]1C/C=C\CCC(O)(O)C(=O)Oc1ccc2c(c1)CCC2. The molecule has 0 spiro atoms. The van der Waals surface area contributed by atoms with E-state index in [1.807, 2.05) is 24.3 Å².